The molecule has 2 aliphatic rings. The number of likely N-dealkylation sites (tertiary alicyclic amines) is 1. The first-order valence-corrected chi connectivity index (χ1v) is 16.0. The maximum absolute atomic E-state index is 13.7. The molecule has 2 aromatic carbocycles. The minimum absolute atomic E-state index is 0.0829. The van der Waals surface area contributed by atoms with Crippen LogP contribution in [0.15, 0.2) is 71.8 Å². The number of hydrogen-bond donors (Lipinski definition) is 1. The van der Waals surface area contributed by atoms with Crippen molar-refractivity contribution in [1.29, 1.82) is 0 Å². The van der Waals surface area contributed by atoms with Gasteiger partial charge in [-0.2, -0.15) is 0 Å². The summed E-state index contributed by atoms with van der Waals surface area (Å²) in [4.78, 5) is 37.0. The standard InChI is InChI=1S/C30H34ClN5O5S/c1-34(30(38)41-24-8-10-25(11-9-24)42(2,39)40)27-19-36(18-26(27)20-3-5-22(31)6-4-20)29(37)21-13-15-35(16-14-21)28-12-7-23(32)17-33-28/h3-12,17,21,26-27H,13-16,18-19,32H2,1-2H3/t26-,27+/m0/s1. The van der Waals surface area contributed by atoms with Gasteiger partial charge in [-0.25, -0.2) is 18.2 Å². The number of amides is 2. The smallest absolute Gasteiger partial charge is 0.410 e. The summed E-state index contributed by atoms with van der Waals surface area (Å²) in [6.07, 6.45) is 3.58. The van der Waals surface area contributed by atoms with E-state index < -0.39 is 15.9 Å². The zero-order valence-corrected chi connectivity index (χ0v) is 25.1. The van der Waals surface area contributed by atoms with Gasteiger partial charge in [-0.1, -0.05) is 23.7 Å². The summed E-state index contributed by atoms with van der Waals surface area (Å²) in [6, 6.07) is 16.6. The fourth-order valence-electron chi connectivity index (χ4n) is 5.66. The number of nitrogens with two attached hydrogens (primary N) is 1. The van der Waals surface area contributed by atoms with Crippen molar-refractivity contribution >= 4 is 44.9 Å². The van der Waals surface area contributed by atoms with Crippen molar-refractivity contribution in [3.05, 3.63) is 77.4 Å². The SMILES string of the molecule is CN(C(=O)Oc1ccc(S(C)(=O)=O)cc1)[C@@H]1CN(C(=O)C2CCN(c3ccc(N)cn3)CC2)C[C@H]1c1ccc(Cl)cc1. The van der Waals surface area contributed by atoms with E-state index in [1.165, 1.54) is 29.2 Å². The molecule has 10 nitrogen and oxygen atoms in total. The first kappa shape index (κ1) is 29.7. The molecule has 2 atom stereocenters. The molecule has 0 bridgehead atoms. The highest BCUT2D eigenvalue weighted by atomic mass is 35.5. The number of sulfone groups is 1. The molecule has 2 aliphatic heterocycles. The fraction of sp³-hybridized carbons (Fsp3) is 0.367. The molecule has 2 saturated heterocycles. The summed E-state index contributed by atoms with van der Waals surface area (Å²) < 4.78 is 29.1. The van der Waals surface area contributed by atoms with Gasteiger partial charge in [0.25, 0.3) is 0 Å². The fourth-order valence-corrected chi connectivity index (χ4v) is 6.41. The molecule has 0 aliphatic carbocycles. The summed E-state index contributed by atoms with van der Waals surface area (Å²) in [6.45, 7) is 2.27. The molecule has 3 heterocycles. The second kappa shape index (κ2) is 12.2. The lowest BCUT2D eigenvalue weighted by Gasteiger charge is -2.34. The van der Waals surface area contributed by atoms with Crippen LogP contribution in [0.25, 0.3) is 0 Å². The highest BCUT2D eigenvalue weighted by Crippen LogP contribution is 2.34. The van der Waals surface area contributed by atoms with Crippen LogP contribution in [0.2, 0.25) is 5.02 Å². The monoisotopic (exact) mass is 611 g/mol. The van der Waals surface area contributed by atoms with Gasteiger partial charge in [0.05, 0.1) is 22.8 Å². The Morgan fingerprint density at radius 3 is 2.26 bits per heavy atom. The number of anilines is 2. The first-order chi connectivity index (χ1) is 20.0. The quantitative estimate of drug-likeness (QED) is 0.442. The molecule has 2 amide bonds. The van der Waals surface area contributed by atoms with E-state index in [1.807, 2.05) is 29.2 Å². The topological polar surface area (TPSA) is 126 Å². The first-order valence-electron chi connectivity index (χ1n) is 13.7. The third-order valence-corrected chi connectivity index (χ3v) is 9.46. The minimum Gasteiger partial charge on any atom is -0.410 e. The molecule has 5 rings (SSSR count). The molecular formula is C30H34ClN5O5S. The van der Waals surface area contributed by atoms with Crippen LogP contribution in [0.4, 0.5) is 16.3 Å². The lowest BCUT2D eigenvalue weighted by atomic mass is 9.93. The molecule has 222 valence electrons. The number of nitrogen functional groups attached to an aromatic ring is 1. The Morgan fingerprint density at radius 2 is 1.67 bits per heavy atom. The van der Waals surface area contributed by atoms with Gasteiger partial charge in [-0.05, 0) is 66.9 Å². The number of aromatic nitrogens is 1. The van der Waals surface area contributed by atoms with E-state index in [9.17, 15) is 18.0 Å². The predicted octanol–water partition coefficient (Wildman–Crippen LogP) is 4.06. The number of hydrogen-bond acceptors (Lipinski definition) is 8. The summed E-state index contributed by atoms with van der Waals surface area (Å²) in [5.74, 6) is 0.904. The van der Waals surface area contributed by atoms with Crippen LogP contribution in [0.1, 0.15) is 24.3 Å². The maximum Gasteiger partial charge on any atom is 0.415 e. The molecule has 2 N–H and O–H groups in total. The minimum atomic E-state index is -3.37. The Morgan fingerprint density at radius 1 is 1.00 bits per heavy atom. The lowest BCUT2D eigenvalue weighted by Crippen LogP contribution is -2.45. The van der Waals surface area contributed by atoms with Crippen molar-refractivity contribution in [2.75, 3.05) is 50.1 Å². The van der Waals surface area contributed by atoms with Crippen molar-refractivity contribution in [2.24, 2.45) is 5.92 Å². The molecule has 1 aromatic heterocycles. The van der Waals surface area contributed by atoms with Gasteiger partial charge in [-0.15, -0.1) is 0 Å². The summed E-state index contributed by atoms with van der Waals surface area (Å²) in [5.41, 5.74) is 7.35. The third-order valence-electron chi connectivity index (χ3n) is 8.08. The van der Waals surface area contributed by atoms with Crippen LogP contribution in [0, 0.1) is 5.92 Å². The normalized spacial score (nSPS) is 19.5. The number of pyridine rings is 1. The van der Waals surface area contributed by atoms with Crippen LogP contribution < -0.4 is 15.4 Å². The van der Waals surface area contributed by atoms with Gasteiger partial charge in [0, 0.05) is 56.3 Å². The number of carbonyl (C=O) groups is 2. The van der Waals surface area contributed by atoms with E-state index in [0.717, 1.165) is 30.7 Å². The zero-order chi connectivity index (χ0) is 30.0. The predicted molar refractivity (Wildman–Crippen MR) is 161 cm³/mol. The highest BCUT2D eigenvalue weighted by Gasteiger charge is 2.42. The van der Waals surface area contributed by atoms with Crippen LogP contribution >= 0.6 is 11.6 Å². The number of carbonyl (C=O) groups excluding carboxylic acids is 2. The average molecular weight is 612 g/mol. The molecule has 0 saturated carbocycles. The van der Waals surface area contributed by atoms with Gasteiger partial charge in [0.2, 0.25) is 5.91 Å². The Labute approximate surface area is 250 Å². The molecule has 0 radical (unpaired) electrons. The second-order valence-electron chi connectivity index (χ2n) is 10.9. The number of benzene rings is 2. The van der Waals surface area contributed by atoms with Crippen LogP contribution in [-0.4, -0.2) is 80.7 Å². The van der Waals surface area contributed by atoms with E-state index in [2.05, 4.69) is 9.88 Å². The van der Waals surface area contributed by atoms with Gasteiger partial charge in [-0.3, -0.25) is 4.79 Å². The molecular weight excluding hydrogens is 578 g/mol. The maximum atomic E-state index is 13.7. The van der Waals surface area contributed by atoms with Crippen LogP contribution in [0.5, 0.6) is 5.75 Å². The van der Waals surface area contributed by atoms with Gasteiger partial charge in [0.1, 0.15) is 11.6 Å². The third kappa shape index (κ3) is 6.63. The Kier molecular flexibility index (Phi) is 8.60. The molecule has 2 fully saturated rings. The number of piperidine rings is 1. The summed E-state index contributed by atoms with van der Waals surface area (Å²) in [7, 11) is -1.71. The molecule has 0 unspecified atom stereocenters. The number of ether oxygens (including phenoxy) is 1. The van der Waals surface area contributed by atoms with Gasteiger partial charge in [0.15, 0.2) is 9.84 Å². The second-order valence-corrected chi connectivity index (χ2v) is 13.4. The Balaban J connectivity index is 1.28. The largest absolute Gasteiger partial charge is 0.415 e. The van der Waals surface area contributed by atoms with Crippen molar-refractivity contribution in [3.63, 3.8) is 0 Å². The number of nitrogens with zero attached hydrogens (tertiary/aromatic N) is 4. The van der Waals surface area contributed by atoms with Crippen molar-refractivity contribution in [1.82, 2.24) is 14.8 Å². The van der Waals surface area contributed by atoms with E-state index in [1.54, 1.807) is 25.4 Å². The Bertz CT molecular complexity index is 1530. The lowest BCUT2D eigenvalue weighted by molar-refractivity contribution is -0.135. The van der Waals surface area contributed by atoms with Crippen LogP contribution in [0.3, 0.4) is 0 Å². The zero-order valence-electron chi connectivity index (χ0n) is 23.5. The van der Waals surface area contributed by atoms with Crippen molar-refractivity contribution in [3.8, 4) is 5.75 Å². The highest BCUT2D eigenvalue weighted by molar-refractivity contribution is 7.90. The number of rotatable bonds is 6. The molecule has 3 aromatic rings. The molecule has 12 heteroatoms. The summed E-state index contributed by atoms with van der Waals surface area (Å²) in [5, 5.41) is 0.605. The van der Waals surface area contributed by atoms with E-state index >= 15 is 0 Å². The molecule has 42 heavy (non-hydrogen) atoms. The van der Waals surface area contributed by atoms with Gasteiger partial charge >= 0.3 is 6.09 Å². The average Bonchev–Trinajstić information content (AvgIpc) is 3.42. The van der Waals surface area contributed by atoms with E-state index in [-0.39, 0.29) is 34.4 Å². The van der Waals surface area contributed by atoms with E-state index in [4.69, 9.17) is 22.1 Å². The summed E-state index contributed by atoms with van der Waals surface area (Å²) >= 11 is 6.14. The van der Waals surface area contributed by atoms with Crippen LogP contribution in [-0.2, 0) is 14.6 Å². The van der Waals surface area contributed by atoms with E-state index in [0.29, 0.717) is 36.6 Å². The number of likely N-dealkylation sites (N-methyl/N-ethyl adjacent to an activating group) is 1. The Hall–Kier alpha value is -3.83. The van der Waals surface area contributed by atoms with Crippen molar-refractivity contribution in [2.45, 2.75) is 29.7 Å². The molecule has 0 spiro atoms. The number of halogens is 1. The van der Waals surface area contributed by atoms with Crippen molar-refractivity contribution < 1.29 is 22.7 Å². The van der Waals surface area contributed by atoms with Gasteiger partial charge < -0.3 is 25.2 Å².